The number of aromatic nitrogens is 3. The summed E-state index contributed by atoms with van der Waals surface area (Å²) in [4.78, 5) is 18.8. The van der Waals surface area contributed by atoms with Crippen molar-refractivity contribution >= 4 is 11.9 Å². The van der Waals surface area contributed by atoms with Crippen LogP contribution in [0, 0.1) is 0 Å². The van der Waals surface area contributed by atoms with E-state index in [-0.39, 0.29) is 0 Å². The van der Waals surface area contributed by atoms with E-state index >= 15 is 0 Å². The second kappa shape index (κ2) is 5.79. The zero-order chi connectivity index (χ0) is 16.7. The predicted molar refractivity (Wildman–Crippen MR) is 89.9 cm³/mol. The standard InChI is InChI=1S/C16H21N7O/c1-4-5-20-7-12(2)15(23-10-17-9-19-23)14-16(20)22-11-21(24-3)8-13(22)6-18-14/h6,8-10H,4-5,7,11H2,1-3H3. The average molecular weight is 327 g/mol. The summed E-state index contributed by atoms with van der Waals surface area (Å²) >= 11 is 0. The Hall–Kier alpha value is -2.61. The molecule has 8 nitrogen and oxygen atoms in total. The Morgan fingerprint density at radius 3 is 2.92 bits per heavy atom. The van der Waals surface area contributed by atoms with E-state index in [0.717, 1.165) is 42.4 Å². The first-order chi connectivity index (χ1) is 11.7. The number of hydrogen-bond acceptors (Lipinski definition) is 7. The largest absolute Gasteiger partial charge is 0.352 e. The third-order valence-corrected chi connectivity index (χ3v) is 4.39. The number of hydroxylamine groups is 2. The molecule has 0 fully saturated rings. The molecule has 0 aromatic carbocycles. The molecule has 8 heteroatoms. The van der Waals surface area contributed by atoms with Gasteiger partial charge in [-0.1, -0.05) is 6.92 Å². The molecule has 24 heavy (non-hydrogen) atoms. The minimum absolute atomic E-state index is 0.653. The van der Waals surface area contributed by atoms with Gasteiger partial charge >= 0.3 is 0 Å². The smallest absolute Gasteiger partial charge is 0.139 e. The highest BCUT2D eigenvalue weighted by Gasteiger charge is 2.36. The number of nitrogens with zero attached hydrogens (tertiary/aromatic N) is 7. The molecule has 126 valence electrons. The Bertz CT molecular complexity index is 759. The van der Waals surface area contributed by atoms with Crippen molar-refractivity contribution in [3.63, 3.8) is 0 Å². The van der Waals surface area contributed by atoms with Crippen molar-refractivity contribution in [3.8, 4) is 0 Å². The molecule has 1 aromatic heterocycles. The Labute approximate surface area is 141 Å². The molecule has 4 rings (SSSR count). The predicted octanol–water partition coefficient (Wildman–Crippen LogP) is 1.47. The third kappa shape index (κ3) is 2.22. The maximum atomic E-state index is 5.37. The lowest BCUT2D eigenvalue weighted by Gasteiger charge is -2.40. The van der Waals surface area contributed by atoms with E-state index in [9.17, 15) is 0 Å². The van der Waals surface area contributed by atoms with Gasteiger partial charge in [0.05, 0.1) is 30.9 Å². The fourth-order valence-corrected chi connectivity index (χ4v) is 3.41. The van der Waals surface area contributed by atoms with E-state index in [1.54, 1.807) is 19.8 Å². The van der Waals surface area contributed by atoms with Crippen LogP contribution < -0.4 is 0 Å². The molecule has 3 aliphatic heterocycles. The first-order valence-electron chi connectivity index (χ1n) is 8.11. The molecule has 0 spiro atoms. The van der Waals surface area contributed by atoms with Gasteiger partial charge in [0.15, 0.2) is 0 Å². The molecular formula is C16H21N7O. The molecule has 0 bridgehead atoms. The van der Waals surface area contributed by atoms with Crippen molar-refractivity contribution in [3.05, 3.63) is 41.6 Å². The van der Waals surface area contributed by atoms with Gasteiger partial charge in [0.25, 0.3) is 0 Å². The molecule has 0 atom stereocenters. The van der Waals surface area contributed by atoms with Crippen LogP contribution in [0.15, 0.2) is 46.6 Å². The monoisotopic (exact) mass is 327 g/mol. The lowest BCUT2D eigenvalue weighted by molar-refractivity contribution is -0.0971. The quantitative estimate of drug-likeness (QED) is 0.834. The van der Waals surface area contributed by atoms with Crippen LogP contribution in [0.5, 0.6) is 0 Å². The zero-order valence-corrected chi connectivity index (χ0v) is 14.2. The fraction of sp³-hybridized carbons (Fsp3) is 0.438. The molecule has 0 saturated heterocycles. The Balaban J connectivity index is 1.83. The Morgan fingerprint density at radius 2 is 2.21 bits per heavy atom. The molecule has 0 saturated carbocycles. The SMILES string of the molecule is CCCN1CC(C)=C(n2cncn2)C2=C1N1CN(OC)C=C1C=N2. The van der Waals surface area contributed by atoms with E-state index in [1.165, 1.54) is 5.57 Å². The van der Waals surface area contributed by atoms with Crippen molar-refractivity contribution < 1.29 is 4.84 Å². The van der Waals surface area contributed by atoms with Gasteiger partial charge in [-0.25, -0.2) is 19.7 Å². The second-order valence-corrected chi connectivity index (χ2v) is 6.04. The number of rotatable bonds is 4. The van der Waals surface area contributed by atoms with Crippen LogP contribution in [-0.4, -0.2) is 62.7 Å². The summed E-state index contributed by atoms with van der Waals surface area (Å²) in [5, 5.41) is 6.13. The molecule has 4 heterocycles. The summed E-state index contributed by atoms with van der Waals surface area (Å²) in [7, 11) is 1.68. The molecule has 3 aliphatic rings. The number of allylic oxidation sites excluding steroid dienone is 2. The maximum Gasteiger partial charge on any atom is 0.139 e. The van der Waals surface area contributed by atoms with Gasteiger partial charge in [-0.2, -0.15) is 5.10 Å². The van der Waals surface area contributed by atoms with E-state index in [0.29, 0.717) is 6.67 Å². The van der Waals surface area contributed by atoms with E-state index in [4.69, 9.17) is 9.83 Å². The summed E-state index contributed by atoms with van der Waals surface area (Å²) in [6, 6.07) is 0. The molecular weight excluding hydrogens is 306 g/mol. The zero-order valence-electron chi connectivity index (χ0n) is 14.2. The van der Waals surface area contributed by atoms with Crippen LogP contribution in [-0.2, 0) is 4.84 Å². The van der Waals surface area contributed by atoms with Gasteiger partial charge in [0.2, 0.25) is 0 Å². The number of hydrogen-bond donors (Lipinski definition) is 0. The van der Waals surface area contributed by atoms with Gasteiger partial charge in [-0.15, -0.1) is 0 Å². The fourth-order valence-electron chi connectivity index (χ4n) is 3.41. The van der Waals surface area contributed by atoms with E-state index in [2.05, 4.69) is 33.7 Å². The maximum absolute atomic E-state index is 5.37. The Morgan fingerprint density at radius 1 is 1.33 bits per heavy atom. The summed E-state index contributed by atoms with van der Waals surface area (Å²) < 4.78 is 1.81. The molecule has 0 N–H and O–H groups in total. The summed E-state index contributed by atoms with van der Waals surface area (Å²) in [6.45, 7) is 6.82. The summed E-state index contributed by atoms with van der Waals surface area (Å²) in [5.74, 6) is 1.11. The van der Waals surface area contributed by atoms with Gasteiger partial charge in [0, 0.05) is 13.1 Å². The highest BCUT2D eigenvalue weighted by atomic mass is 16.7. The second-order valence-electron chi connectivity index (χ2n) is 6.04. The number of fused-ring (bicyclic) bond motifs is 2. The van der Waals surface area contributed by atoms with E-state index in [1.807, 2.05) is 22.2 Å². The average Bonchev–Trinajstić information content (AvgIpc) is 3.23. The molecule has 1 aromatic rings. The molecule has 0 aliphatic carbocycles. The van der Waals surface area contributed by atoms with Gasteiger partial charge < -0.3 is 9.80 Å². The van der Waals surface area contributed by atoms with Gasteiger partial charge in [-0.05, 0) is 18.9 Å². The third-order valence-electron chi connectivity index (χ3n) is 4.39. The molecule has 0 unspecified atom stereocenters. The summed E-state index contributed by atoms with van der Waals surface area (Å²) in [5.41, 5.74) is 4.23. The van der Waals surface area contributed by atoms with Crippen LogP contribution in [0.2, 0.25) is 0 Å². The highest BCUT2D eigenvalue weighted by Crippen LogP contribution is 2.38. The molecule has 0 amide bonds. The van der Waals surface area contributed by atoms with Crippen LogP contribution in [0.4, 0.5) is 0 Å². The first kappa shape index (κ1) is 14.9. The summed E-state index contributed by atoms with van der Waals surface area (Å²) in [6.07, 6.45) is 8.22. The normalized spacial score (nSPS) is 20.0. The Kier molecular flexibility index (Phi) is 3.61. The van der Waals surface area contributed by atoms with E-state index < -0.39 is 0 Å². The lowest BCUT2D eigenvalue weighted by Crippen LogP contribution is -2.42. The van der Waals surface area contributed by atoms with Gasteiger partial charge in [-0.3, -0.25) is 4.84 Å². The van der Waals surface area contributed by atoms with Crippen LogP contribution >= 0.6 is 0 Å². The van der Waals surface area contributed by atoms with Crippen LogP contribution in [0.3, 0.4) is 0 Å². The lowest BCUT2D eigenvalue weighted by atomic mass is 10.1. The van der Waals surface area contributed by atoms with Crippen molar-refractivity contribution in [2.24, 2.45) is 4.99 Å². The first-order valence-corrected chi connectivity index (χ1v) is 8.11. The van der Waals surface area contributed by atoms with Crippen LogP contribution in [0.25, 0.3) is 5.70 Å². The minimum atomic E-state index is 0.653. The van der Waals surface area contributed by atoms with Crippen molar-refractivity contribution in [1.29, 1.82) is 0 Å². The van der Waals surface area contributed by atoms with Crippen LogP contribution in [0.1, 0.15) is 20.3 Å². The topological polar surface area (TPSA) is 62.0 Å². The molecule has 0 radical (unpaired) electrons. The minimum Gasteiger partial charge on any atom is -0.352 e. The van der Waals surface area contributed by atoms with Crippen molar-refractivity contribution in [2.45, 2.75) is 20.3 Å². The number of aliphatic imine (C=N–C) groups is 1. The highest BCUT2D eigenvalue weighted by molar-refractivity contribution is 5.85. The van der Waals surface area contributed by atoms with Crippen molar-refractivity contribution in [1.82, 2.24) is 29.6 Å². The van der Waals surface area contributed by atoms with Crippen molar-refractivity contribution in [2.75, 3.05) is 26.9 Å². The van der Waals surface area contributed by atoms with Gasteiger partial charge in [0.1, 0.15) is 30.8 Å².